The normalized spacial score (nSPS) is 10.1. The molecular formula is C20H19Br2N3. The first-order chi connectivity index (χ1) is 12.1. The van der Waals surface area contributed by atoms with Crippen LogP contribution in [0.25, 0.3) is 0 Å². The van der Waals surface area contributed by atoms with Gasteiger partial charge in [0.25, 0.3) is 0 Å². The highest BCUT2D eigenvalue weighted by atomic mass is 79.9. The smallest absolute Gasteiger partial charge is 0.0992 e. The third-order valence-corrected chi connectivity index (χ3v) is 5.24. The lowest BCUT2D eigenvalue weighted by Gasteiger charge is -2.27. The summed E-state index contributed by atoms with van der Waals surface area (Å²) in [7, 11) is 0. The van der Waals surface area contributed by atoms with Crippen LogP contribution in [0.3, 0.4) is 0 Å². The molecule has 0 saturated carbocycles. The van der Waals surface area contributed by atoms with Gasteiger partial charge in [-0.2, -0.15) is 10.5 Å². The van der Waals surface area contributed by atoms with Gasteiger partial charge in [0.1, 0.15) is 0 Å². The molecule has 0 aliphatic carbocycles. The Balaban J connectivity index is 2.40. The average molecular weight is 461 g/mol. The van der Waals surface area contributed by atoms with Crippen molar-refractivity contribution in [3.8, 4) is 12.1 Å². The second-order valence-electron chi connectivity index (χ2n) is 5.77. The van der Waals surface area contributed by atoms with E-state index in [1.54, 1.807) is 0 Å². The minimum atomic E-state index is 0.625. The van der Waals surface area contributed by atoms with Crippen LogP contribution < -0.4 is 4.90 Å². The molecule has 0 amide bonds. The molecule has 5 heteroatoms. The van der Waals surface area contributed by atoms with Crippen molar-refractivity contribution in [1.82, 2.24) is 0 Å². The van der Waals surface area contributed by atoms with Crippen LogP contribution in [0, 0.1) is 22.7 Å². The molecule has 0 aliphatic heterocycles. The van der Waals surface area contributed by atoms with Gasteiger partial charge in [0.05, 0.1) is 34.6 Å². The minimum Gasteiger partial charge on any atom is -0.340 e. The lowest BCUT2D eigenvalue weighted by Crippen LogP contribution is -2.19. The van der Waals surface area contributed by atoms with E-state index in [4.69, 9.17) is 10.5 Å². The van der Waals surface area contributed by atoms with E-state index in [0.29, 0.717) is 11.1 Å². The van der Waals surface area contributed by atoms with Crippen molar-refractivity contribution >= 4 is 43.2 Å². The molecule has 0 saturated heterocycles. The van der Waals surface area contributed by atoms with Crippen LogP contribution in [0.15, 0.2) is 45.3 Å². The lowest BCUT2D eigenvalue weighted by molar-refractivity contribution is 0.668. The van der Waals surface area contributed by atoms with E-state index in [1.165, 1.54) is 19.3 Å². The van der Waals surface area contributed by atoms with E-state index in [-0.39, 0.29) is 0 Å². The van der Waals surface area contributed by atoms with Crippen LogP contribution in [-0.4, -0.2) is 6.54 Å². The topological polar surface area (TPSA) is 50.8 Å². The zero-order valence-electron chi connectivity index (χ0n) is 14.1. The van der Waals surface area contributed by atoms with Gasteiger partial charge in [-0.15, -0.1) is 0 Å². The van der Waals surface area contributed by atoms with E-state index in [9.17, 15) is 0 Å². The Bertz CT molecular complexity index is 755. The van der Waals surface area contributed by atoms with Crippen molar-refractivity contribution < 1.29 is 0 Å². The number of hydrogen-bond acceptors (Lipinski definition) is 3. The van der Waals surface area contributed by atoms with Crippen molar-refractivity contribution in [3.63, 3.8) is 0 Å². The number of hydrogen-bond donors (Lipinski definition) is 0. The van der Waals surface area contributed by atoms with Crippen LogP contribution in [-0.2, 0) is 0 Å². The third kappa shape index (κ3) is 5.08. The fourth-order valence-electron chi connectivity index (χ4n) is 2.66. The van der Waals surface area contributed by atoms with E-state index in [0.717, 1.165) is 33.3 Å². The summed E-state index contributed by atoms with van der Waals surface area (Å²) in [6, 6.07) is 15.6. The summed E-state index contributed by atoms with van der Waals surface area (Å²) in [6.07, 6.45) is 4.67. The summed E-state index contributed by atoms with van der Waals surface area (Å²) in [6.45, 7) is 3.07. The van der Waals surface area contributed by atoms with Crippen molar-refractivity contribution in [1.29, 1.82) is 10.5 Å². The van der Waals surface area contributed by atoms with E-state index in [1.807, 2.05) is 36.4 Å². The molecule has 0 bridgehead atoms. The molecule has 0 heterocycles. The first-order valence-corrected chi connectivity index (χ1v) is 9.86. The predicted molar refractivity (Wildman–Crippen MR) is 109 cm³/mol. The fourth-order valence-corrected chi connectivity index (χ4v) is 3.84. The molecule has 0 fully saturated rings. The molecule has 0 atom stereocenters. The van der Waals surface area contributed by atoms with E-state index < -0.39 is 0 Å². The molecule has 0 unspecified atom stereocenters. The fraction of sp³-hybridized carbons (Fsp3) is 0.300. The van der Waals surface area contributed by atoms with E-state index >= 15 is 0 Å². The van der Waals surface area contributed by atoms with Gasteiger partial charge in [0.2, 0.25) is 0 Å². The number of anilines is 2. The Labute approximate surface area is 166 Å². The quantitative estimate of drug-likeness (QED) is 0.433. The third-order valence-electron chi connectivity index (χ3n) is 3.97. The van der Waals surface area contributed by atoms with Crippen molar-refractivity contribution in [2.45, 2.75) is 32.6 Å². The van der Waals surface area contributed by atoms with Crippen LogP contribution in [0.5, 0.6) is 0 Å². The van der Waals surface area contributed by atoms with Crippen LogP contribution >= 0.6 is 31.9 Å². The Morgan fingerprint density at radius 2 is 1.36 bits per heavy atom. The summed E-state index contributed by atoms with van der Waals surface area (Å²) in [5.74, 6) is 0. The average Bonchev–Trinajstić information content (AvgIpc) is 2.62. The maximum absolute atomic E-state index is 9.09. The maximum atomic E-state index is 9.09. The number of halogens is 2. The molecule has 128 valence electrons. The SMILES string of the molecule is CCCCCCN(c1ccc(C#N)cc1Br)c1ccc(C#N)cc1Br. The zero-order valence-corrected chi connectivity index (χ0v) is 17.3. The van der Waals surface area contributed by atoms with E-state index in [2.05, 4.69) is 55.8 Å². The summed E-state index contributed by atoms with van der Waals surface area (Å²) in [4.78, 5) is 2.23. The van der Waals surface area contributed by atoms with Gasteiger partial charge >= 0.3 is 0 Å². The largest absolute Gasteiger partial charge is 0.340 e. The Kier molecular flexibility index (Phi) is 7.50. The number of nitrogens with zero attached hydrogens (tertiary/aromatic N) is 3. The molecule has 2 aromatic rings. The van der Waals surface area contributed by atoms with Gasteiger partial charge in [-0.3, -0.25) is 0 Å². The maximum Gasteiger partial charge on any atom is 0.0992 e. The predicted octanol–water partition coefficient (Wildman–Crippen LogP) is 6.67. The highest BCUT2D eigenvalue weighted by Crippen LogP contribution is 2.37. The summed E-state index contributed by atoms with van der Waals surface area (Å²) < 4.78 is 1.77. The summed E-state index contributed by atoms with van der Waals surface area (Å²) in [5, 5.41) is 18.2. The lowest BCUT2D eigenvalue weighted by atomic mass is 10.1. The number of benzene rings is 2. The molecule has 0 aliphatic rings. The second kappa shape index (κ2) is 9.61. The first-order valence-electron chi connectivity index (χ1n) is 8.27. The Hall–Kier alpha value is -1.82. The molecular weight excluding hydrogens is 442 g/mol. The molecule has 2 aromatic carbocycles. The van der Waals surface area contributed by atoms with Gasteiger partial charge < -0.3 is 4.90 Å². The molecule has 2 rings (SSSR count). The van der Waals surface area contributed by atoms with Gasteiger partial charge in [-0.05, 0) is 74.7 Å². The minimum absolute atomic E-state index is 0.625. The molecule has 3 nitrogen and oxygen atoms in total. The first kappa shape index (κ1) is 19.5. The molecule has 25 heavy (non-hydrogen) atoms. The number of unbranched alkanes of at least 4 members (excludes halogenated alkanes) is 3. The van der Waals surface area contributed by atoms with Crippen molar-refractivity contribution in [3.05, 3.63) is 56.5 Å². The molecule has 0 N–H and O–H groups in total. The van der Waals surface area contributed by atoms with Gasteiger partial charge in [0.15, 0.2) is 0 Å². The summed E-state index contributed by atoms with van der Waals surface area (Å²) >= 11 is 7.20. The highest BCUT2D eigenvalue weighted by Gasteiger charge is 2.16. The number of rotatable bonds is 7. The van der Waals surface area contributed by atoms with Crippen molar-refractivity contribution in [2.75, 3.05) is 11.4 Å². The standard InChI is InChI=1S/C20H19Br2N3/c1-2-3-4-5-10-25(19-8-6-15(13-23)11-17(19)21)20-9-7-16(14-24)12-18(20)22/h6-9,11-12H,2-5,10H2,1H3. The van der Waals surface area contributed by atoms with Crippen LogP contribution in [0.2, 0.25) is 0 Å². The molecule has 0 spiro atoms. The van der Waals surface area contributed by atoms with Gasteiger partial charge in [-0.25, -0.2) is 0 Å². The van der Waals surface area contributed by atoms with Crippen LogP contribution in [0.4, 0.5) is 11.4 Å². The zero-order chi connectivity index (χ0) is 18.2. The van der Waals surface area contributed by atoms with Crippen molar-refractivity contribution in [2.24, 2.45) is 0 Å². The van der Waals surface area contributed by atoms with Crippen LogP contribution in [0.1, 0.15) is 43.7 Å². The molecule has 0 aromatic heterocycles. The second-order valence-corrected chi connectivity index (χ2v) is 7.48. The van der Waals surface area contributed by atoms with Gasteiger partial charge in [-0.1, -0.05) is 26.2 Å². The monoisotopic (exact) mass is 459 g/mol. The molecule has 0 radical (unpaired) electrons. The number of nitriles is 2. The van der Waals surface area contributed by atoms with Gasteiger partial charge in [0, 0.05) is 15.5 Å². The Morgan fingerprint density at radius 3 is 1.76 bits per heavy atom. The highest BCUT2D eigenvalue weighted by molar-refractivity contribution is 9.11. The summed E-state index contributed by atoms with van der Waals surface area (Å²) in [5.41, 5.74) is 3.28. The Morgan fingerprint density at radius 1 is 0.840 bits per heavy atom.